The second-order valence-corrected chi connectivity index (χ2v) is 3.53. The van der Waals surface area contributed by atoms with Crippen LogP contribution in [0.1, 0.15) is 0 Å². The van der Waals surface area contributed by atoms with Crippen LogP contribution in [0.4, 0.5) is 0 Å². The van der Waals surface area contributed by atoms with Gasteiger partial charge in [0.25, 0.3) is 0 Å². The first-order chi connectivity index (χ1) is 4.18. The Bertz CT molecular complexity index is 103. The van der Waals surface area contributed by atoms with E-state index in [4.69, 9.17) is 11.2 Å². The largest absolute Gasteiger partial charge is 0.588 e. The highest BCUT2D eigenvalue weighted by molar-refractivity contribution is 6.61. The van der Waals surface area contributed by atoms with E-state index in [1.807, 2.05) is 0 Å². The predicted octanol–water partition coefficient (Wildman–Crippen LogP) is -1.00. The summed E-state index contributed by atoms with van der Waals surface area (Å²) in [4.78, 5) is 0. The van der Waals surface area contributed by atoms with Crippen molar-refractivity contribution in [3.63, 3.8) is 0 Å². The Morgan fingerprint density at radius 2 is 1.78 bits per heavy atom. The molecule has 0 radical (unpaired) electrons. The molecular weight excluding hydrogens is 140 g/mol. The van der Waals surface area contributed by atoms with E-state index in [9.17, 15) is 0 Å². The molecule has 0 heterocycles. The Kier molecular flexibility index (Phi) is 3.31. The lowest BCUT2D eigenvalue weighted by molar-refractivity contribution is 0.242. The van der Waals surface area contributed by atoms with Crippen molar-refractivity contribution in [2.24, 2.45) is 21.2 Å². The topological polar surface area (TPSA) is 95.2 Å². The molecular formula is C2H10N4O2Si. The normalized spacial score (nSPS) is 12.8. The third-order valence-electron chi connectivity index (χ3n) is 0.782. The van der Waals surface area contributed by atoms with Crippen LogP contribution in [-0.4, -0.2) is 23.1 Å². The van der Waals surface area contributed by atoms with Crippen LogP contribution < -0.4 is 11.2 Å². The van der Waals surface area contributed by atoms with Gasteiger partial charge >= 0.3 is 8.88 Å². The number of hydrogen-bond donors (Lipinski definition) is 2. The van der Waals surface area contributed by atoms with Crippen LogP contribution in [0.2, 0.25) is 0 Å². The number of hydrogen-bond acceptors (Lipinski definition) is 5. The van der Waals surface area contributed by atoms with E-state index in [-0.39, 0.29) is 0 Å². The number of nitrogens with two attached hydrogens (primary N) is 2. The van der Waals surface area contributed by atoms with Crippen LogP contribution in [0.5, 0.6) is 0 Å². The van der Waals surface area contributed by atoms with Crippen molar-refractivity contribution >= 4 is 8.88 Å². The first-order valence-electron chi connectivity index (χ1n) is 2.20. The molecule has 0 aromatic carbocycles. The molecule has 0 aromatic rings. The van der Waals surface area contributed by atoms with Gasteiger partial charge in [0.15, 0.2) is 0 Å². The molecule has 54 valence electrons. The molecule has 0 rings (SSSR count). The molecule has 0 saturated carbocycles. The maximum atomic E-state index is 5.36. The highest BCUT2D eigenvalue weighted by atomic mass is 28.4. The van der Waals surface area contributed by atoms with E-state index < -0.39 is 8.88 Å². The van der Waals surface area contributed by atoms with Gasteiger partial charge in [-0.05, 0) is 0 Å². The van der Waals surface area contributed by atoms with Gasteiger partial charge in [-0.1, -0.05) is 5.22 Å². The van der Waals surface area contributed by atoms with Crippen LogP contribution >= 0.6 is 0 Å². The third kappa shape index (κ3) is 2.51. The van der Waals surface area contributed by atoms with Gasteiger partial charge in [-0.25, -0.2) is 0 Å². The van der Waals surface area contributed by atoms with Crippen LogP contribution in [0, 0.1) is 0 Å². The molecule has 0 amide bonds. The summed E-state index contributed by atoms with van der Waals surface area (Å²) < 4.78 is 12.7. The van der Waals surface area contributed by atoms with Crippen molar-refractivity contribution in [3.8, 4) is 0 Å². The quantitative estimate of drug-likeness (QED) is 0.233. The Morgan fingerprint density at radius 3 is 1.89 bits per heavy atom. The molecule has 0 aliphatic carbocycles. The molecule has 0 saturated heterocycles. The molecule has 9 heavy (non-hydrogen) atoms. The molecule has 4 N–H and O–H groups in total. The Hall–Kier alpha value is -0.503. The summed E-state index contributed by atoms with van der Waals surface area (Å²) in [7, 11) is -0.0775. The number of rotatable bonds is 3. The van der Waals surface area contributed by atoms with Gasteiger partial charge in [-0.2, -0.15) is 0 Å². The van der Waals surface area contributed by atoms with Gasteiger partial charge in [0.2, 0.25) is 0 Å². The summed E-state index contributed by atoms with van der Waals surface area (Å²) in [5, 5.41) is 8.32. The van der Waals surface area contributed by atoms with Crippen LogP contribution in [0.3, 0.4) is 0 Å². The fraction of sp³-hybridized carbons (Fsp3) is 1.00. The fourth-order valence-electron chi connectivity index (χ4n) is 0.245. The molecule has 0 spiro atoms. The summed E-state index contributed by atoms with van der Waals surface area (Å²) in [5.41, 5.74) is 0. The number of nitrogens with zero attached hydrogens (tertiary/aromatic N) is 2. The third-order valence-corrected chi connectivity index (χ3v) is 2.35. The van der Waals surface area contributed by atoms with E-state index in [2.05, 4.69) is 18.9 Å². The van der Waals surface area contributed by atoms with Crippen molar-refractivity contribution in [1.29, 1.82) is 0 Å². The van der Waals surface area contributed by atoms with Crippen molar-refractivity contribution < 1.29 is 8.85 Å². The molecule has 0 bridgehead atoms. The van der Waals surface area contributed by atoms with Crippen molar-refractivity contribution in [2.45, 2.75) is 0 Å². The minimum absolute atomic E-state index is 1.39. The minimum atomic E-state index is -2.86. The van der Waals surface area contributed by atoms with Crippen molar-refractivity contribution in [2.75, 3.05) is 14.2 Å². The van der Waals surface area contributed by atoms with E-state index in [0.29, 0.717) is 0 Å². The molecule has 0 aliphatic heterocycles. The van der Waals surface area contributed by atoms with E-state index in [1.165, 1.54) is 14.2 Å². The van der Waals surface area contributed by atoms with Gasteiger partial charge in [-0.15, -0.1) is 4.78 Å². The maximum absolute atomic E-state index is 5.36. The Labute approximate surface area is 54.2 Å². The van der Waals surface area contributed by atoms with Crippen molar-refractivity contribution in [3.05, 3.63) is 0 Å². The van der Waals surface area contributed by atoms with Gasteiger partial charge in [0.1, 0.15) is 0 Å². The Morgan fingerprint density at radius 1 is 1.33 bits per heavy atom. The van der Waals surface area contributed by atoms with Crippen molar-refractivity contribution in [1.82, 2.24) is 0 Å². The summed E-state index contributed by atoms with van der Waals surface area (Å²) in [5.74, 6) is 4.72. The van der Waals surface area contributed by atoms with Crippen LogP contribution in [0.15, 0.2) is 10.0 Å². The van der Waals surface area contributed by atoms with Crippen LogP contribution in [-0.2, 0) is 8.85 Å². The zero-order chi connectivity index (χ0) is 7.33. The molecule has 0 atom stereocenters. The summed E-state index contributed by atoms with van der Waals surface area (Å²) in [6, 6.07) is 0. The lowest BCUT2D eigenvalue weighted by Crippen LogP contribution is -2.48. The first kappa shape index (κ1) is 8.50. The lowest BCUT2D eigenvalue weighted by Gasteiger charge is -2.12. The Balaban J connectivity index is 3.92. The molecule has 0 unspecified atom stereocenters. The molecule has 6 nitrogen and oxygen atoms in total. The smallest absolute Gasteiger partial charge is 0.368 e. The zero-order valence-electron chi connectivity index (χ0n) is 5.37. The molecule has 0 fully saturated rings. The SMILES string of the molecule is CO[Si](N)(N=NN)OC. The summed E-state index contributed by atoms with van der Waals surface area (Å²) >= 11 is 0. The zero-order valence-corrected chi connectivity index (χ0v) is 6.37. The van der Waals surface area contributed by atoms with E-state index in [1.54, 1.807) is 0 Å². The fourth-order valence-corrected chi connectivity index (χ4v) is 0.736. The molecule has 0 aromatic heterocycles. The van der Waals surface area contributed by atoms with Gasteiger partial charge in [-0.3, -0.25) is 5.40 Å². The molecule has 7 heteroatoms. The predicted molar refractivity (Wildman–Crippen MR) is 33.0 cm³/mol. The van der Waals surface area contributed by atoms with Gasteiger partial charge < -0.3 is 14.7 Å². The second kappa shape index (κ2) is 3.51. The van der Waals surface area contributed by atoms with Crippen LogP contribution in [0.25, 0.3) is 0 Å². The first-order valence-corrected chi connectivity index (χ1v) is 4.04. The average Bonchev–Trinajstić information content (AvgIpc) is 1.89. The van der Waals surface area contributed by atoms with Gasteiger partial charge in [0.05, 0.1) is 0 Å². The highest BCUT2D eigenvalue weighted by Crippen LogP contribution is 1.95. The second-order valence-electron chi connectivity index (χ2n) is 1.25. The van der Waals surface area contributed by atoms with Gasteiger partial charge in [0, 0.05) is 14.2 Å². The maximum Gasteiger partial charge on any atom is 0.588 e. The lowest BCUT2D eigenvalue weighted by atomic mass is 11.8. The van der Waals surface area contributed by atoms with E-state index >= 15 is 0 Å². The monoisotopic (exact) mass is 150 g/mol. The van der Waals surface area contributed by atoms with E-state index in [0.717, 1.165) is 0 Å². The highest BCUT2D eigenvalue weighted by Gasteiger charge is 2.32. The molecule has 0 aliphatic rings. The summed E-state index contributed by atoms with van der Waals surface area (Å²) in [6.07, 6.45) is 0. The average molecular weight is 150 g/mol. The summed E-state index contributed by atoms with van der Waals surface area (Å²) in [6.45, 7) is 0. The minimum Gasteiger partial charge on any atom is -0.368 e. The standard InChI is InChI=1S/C2H10N4O2Si/c1-7-9(4,8-2)6-5-3/h4H2,1-2H3,(H2,3,6).